The largest absolute Gasteiger partial charge is 0.481 e. The summed E-state index contributed by atoms with van der Waals surface area (Å²) in [5.74, 6) is -1.18. The van der Waals surface area contributed by atoms with Crippen LogP contribution in [0.1, 0.15) is 45.6 Å². The van der Waals surface area contributed by atoms with Crippen LogP contribution in [0.3, 0.4) is 0 Å². The van der Waals surface area contributed by atoms with E-state index in [0.717, 1.165) is 5.56 Å². The average molecular weight is 348 g/mol. The van der Waals surface area contributed by atoms with Crippen LogP contribution in [0.15, 0.2) is 30.3 Å². The lowest BCUT2D eigenvalue weighted by atomic mass is 9.96. The summed E-state index contributed by atoms with van der Waals surface area (Å²) < 4.78 is 0. The Hall–Kier alpha value is -2.37. The number of carboxylic acids is 1. The van der Waals surface area contributed by atoms with Crippen LogP contribution >= 0.6 is 0 Å². The number of hydrogen-bond acceptors (Lipinski definition) is 3. The summed E-state index contributed by atoms with van der Waals surface area (Å²) in [4.78, 5) is 34.7. The minimum absolute atomic E-state index is 0.00145. The molecule has 0 saturated carbocycles. The van der Waals surface area contributed by atoms with E-state index in [2.05, 4.69) is 10.6 Å². The maximum Gasteiger partial charge on any atom is 0.303 e. The molecule has 0 radical (unpaired) electrons. The third-order valence-corrected chi connectivity index (χ3v) is 3.72. The highest BCUT2D eigenvalue weighted by Crippen LogP contribution is 2.12. The van der Waals surface area contributed by atoms with E-state index in [0.29, 0.717) is 12.8 Å². The molecule has 1 unspecified atom stereocenters. The van der Waals surface area contributed by atoms with E-state index in [1.165, 1.54) is 0 Å². The Morgan fingerprint density at radius 1 is 1.08 bits per heavy atom. The number of aliphatic carboxylic acids is 1. The summed E-state index contributed by atoms with van der Waals surface area (Å²) in [6.45, 7) is 5.69. The Morgan fingerprint density at radius 3 is 2.28 bits per heavy atom. The summed E-state index contributed by atoms with van der Waals surface area (Å²) in [5.41, 5.74) is 0.549. The Balaban J connectivity index is 2.50. The molecule has 0 heterocycles. The predicted octanol–water partition coefficient (Wildman–Crippen LogP) is 2.13. The molecule has 25 heavy (non-hydrogen) atoms. The summed E-state index contributed by atoms with van der Waals surface area (Å²) >= 11 is 0. The zero-order chi connectivity index (χ0) is 18.9. The van der Waals surface area contributed by atoms with E-state index in [9.17, 15) is 14.4 Å². The Morgan fingerprint density at radius 2 is 1.72 bits per heavy atom. The van der Waals surface area contributed by atoms with Crippen LogP contribution < -0.4 is 10.6 Å². The van der Waals surface area contributed by atoms with E-state index < -0.39 is 11.4 Å². The molecule has 1 rings (SSSR count). The molecule has 1 aromatic rings. The van der Waals surface area contributed by atoms with Gasteiger partial charge < -0.3 is 15.7 Å². The molecule has 6 nitrogen and oxygen atoms in total. The Labute approximate surface area is 149 Å². The van der Waals surface area contributed by atoms with Gasteiger partial charge in [0.05, 0.1) is 0 Å². The molecule has 0 aliphatic carbocycles. The van der Waals surface area contributed by atoms with Gasteiger partial charge in [-0.05, 0) is 18.4 Å². The van der Waals surface area contributed by atoms with Crippen molar-refractivity contribution < 1.29 is 19.5 Å². The number of nitrogens with one attached hydrogen (secondary N) is 2. The van der Waals surface area contributed by atoms with Gasteiger partial charge in [-0.3, -0.25) is 14.4 Å². The lowest BCUT2D eigenvalue weighted by molar-refractivity contribution is -0.137. The van der Waals surface area contributed by atoms with Gasteiger partial charge in [-0.25, -0.2) is 0 Å². The number of amides is 2. The number of carbonyl (C=O) groups excluding carboxylic acids is 2. The minimum Gasteiger partial charge on any atom is -0.481 e. The van der Waals surface area contributed by atoms with Crippen LogP contribution in [0, 0.1) is 5.41 Å². The van der Waals surface area contributed by atoms with Gasteiger partial charge in [0.25, 0.3) is 0 Å². The van der Waals surface area contributed by atoms with Gasteiger partial charge in [0.1, 0.15) is 0 Å². The highest BCUT2D eigenvalue weighted by atomic mass is 16.4. The first kappa shape index (κ1) is 20.7. The molecular weight excluding hydrogens is 320 g/mol. The molecule has 1 atom stereocenters. The molecule has 0 bridgehead atoms. The topological polar surface area (TPSA) is 95.5 Å². The Bertz CT molecular complexity index is 579. The summed E-state index contributed by atoms with van der Waals surface area (Å²) in [5, 5.41) is 14.5. The first-order valence-corrected chi connectivity index (χ1v) is 8.52. The van der Waals surface area contributed by atoms with Crippen molar-refractivity contribution in [2.45, 2.75) is 52.5 Å². The molecule has 6 heteroatoms. The molecule has 138 valence electrons. The second-order valence-electron chi connectivity index (χ2n) is 7.14. The lowest BCUT2D eigenvalue weighted by Gasteiger charge is -2.20. The fourth-order valence-corrected chi connectivity index (χ4v) is 2.28. The average Bonchev–Trinajstić information content (AvgIpc) is 2.52. The summed E-state index contributed by atoms with van der Waals surface area (Å²) in [7, 11) is 0. The number of rotatable bonds is 9. The number of hydrogen-bond donors (Lipinski definition) is 3. The second kappa shape index (κ2) is 9.81. The number of carboxylic acid groups (broad SMARTS) is 1. The third-order valence-electron chi connectivity index (χ3n) is 3.72. The third kappa shape index (κ3) is 8.88. The van der Waals surface area contributed by atoms with Gasteiger partial charge in [-0.2, -0.15) is 0 Å². The lowest BCUT2D eigenvalue weighted by Crippen LogP contribution is -2.40. The van der Waals surface area contributed by atoms with Crippen molar-refractivity contribution in [1.82, 2.24) is 10.6 Å². The molecule has 0 aliphatic heterocycles. The van der Waals surface area contributed by atoms with E-state index >= 15 is 0 Å². The zero-order valence-electron chi connectivity index (χ0n) is 15.2. The fraction of sp³-hybridized carbons (Fsp3) is 0.526. The minimum atomic E-state index is -0.884. The van der Waals surface area contributed by atoms with Crippen molar-refractivity contribution in [2.75, 3.05) is 6.54 Å². The highest BCUT2D eigenvalue weighted by Gasteiger charge is 2.21. The van der Waals surface area contributed by atoms with Gasteiger partial charge in [0, 0.05) is 30.8 Å². The molecule has 0 spiro atoms. The van der Waals surface area contributed by atoms with Crippen LogP contribution in [-0.2, 0) is 20.8 Å². The normalized spacial score (nSPS) is 12.3. The molecule has 1 aromatic carbocycles. The highest BCUT2D eigenvalue weighted by molar-refractivity contribution is 5.82. The van der Waals surface area contributed by atoms with Gasteiger partial charge in [0.2, 0.25) is 11.8 Å². The van der Waals surface area contributed by atoms with Crippen molar-refractivity contribution in [1.29, 1.82) is 0 Å². The number of benzene rings is 1. The maximum atomic E-state index is 12.1. The van der Waals surface area contributed by atoms with Crippen LogP contribution in [0.2, 0.25) is 0 Å². The van der Waals surface area contributed by atoms with Gasteiger partial charge in [-0.15, -0.1) is 0 Å². The molecule has 2 amide bonds. The smallest absolute Gasteiger partial charge is 0.303 e. The summed E-state index contributed by atoms with van der Waals surface area (Å²) in [6.07, 6.45) is 1.11. The predicted molar refractivity (Wildman–Crippen MR) is 96.0 cm³/mol. The standard InChI is InChI=1S/C19H28N2O4/c1-19(2,3)18(25)20-12-11-16(22)21-15(9-10-17(23)24)13-14-7-5-4-6-8-14/h4-8,15H,9-13H2,1-3H3,(H,20,25)(H,21,22)(H,23,24). The first-order valence-electron chi connectivity index (χ1n) is 8.52. The van der Waals surface area contributed by atoms with Crippen molar-refractivity contribution in [2.24, 2.45) is 5.41 Å². The molecule has 0 aromatic heterocycles. The summed E-state index contributed by atoms with van der Waals surface area (Å²) in [6, 6.07) is 9.38. The number of carbonyl (C=O) groups is 3. The van der Waals surface area contributed by atoms with Crippen LogP contribution in [-0.4, -0.2) is 35.5 Å². The molecule has 0 aliphatic rings. The molecule has 0 fully saturated rings. The van der Waals surface area contributed by atoms with Crippen molar-refractivity contribution in [3.8, 4) is 0 Å². The van der Waals surface area contributed by atoms with Gasteiger partial charge in [-0.1, -0.05) is 51.1 Å². The van der Waals surface area contributed by atoms with Crippen LogP contribution in [0.5, 0.6) is 0 Å². The van der Waals surface area contributed by atoms with Crippen molar-refractivity contribution in [3.05, 3.63) is 35.9 Å². The SMILES string of the molecule is CC(C)(C)C(=O)NCCC(=O)NC(CCC(=O)O)Cc1ccccc1. The zero-order valence-corrected chi connectivity index (χ0v) is 15.2. The first-order chi connectivity index (χ1) is 11.7. The van der Waals surface area contributed by atoms with E-state index in [1.54, 1.807) is 0 Å². The Kier molecular flexibility index (Phi) is 8.11. The quantitative estimate of drug-likeness (QED) is 0.637. The molecule has 3 N–H and O–H groups in total. The monoisotopic (exact) mass is 348 g/mol. The van der Waals surface area contributed by atoms with E-state index in [4.69, 9.17) is 5.11 Å². The van der Waals surface area contributed by atoms with Crippen molar-refractivity contribution in [3.63, 3.8) is 0 Å². The molecular formula is C19H28N2O4. The maximum absolute atomic E-state index is 12.1. The van der Waals surface area contributed by atoms with Crippen molar-refractivity contribution >= 4 is 17.8 Å². The fourth-order valence-electron chi connectivity index (χ4n) is 2.28. The van der Waals surface area contributed by atoms with Crippen LogP contribution in [0.25, 0.3) is 0 Å². The molecule has 0 saturated heterocycles. The van der Waals surface area contributed by atoms with Gasteiger partial charge in [0.15, 0.2) is 0 Å². The van der Waals surface area contributed by atoms with Gasteiger partial charge >= 0.3 is 5.97 Å². The van der Waals surface area contributed by atoms with E-state index in [-0.39, 0.29) is 37.2 Å². The van der Waals surface area contributed by atoms with Crippen LogP contribution in [0.4, 0.5) is 0 Å². The van der Waals surface area contributed by atoms with E-state index in [1.807, 2.05) is 51.1 Å². The second-order valence-corrected chi connectivity index (χ2v) is 7.14.